The van der Waals surface area contributed by atoms with Crippen LogP contribution in [0.2, 0.25) is 0 Å². The molecule has 3 unspecified atom stereocenters. The Morgan fingerprint density at radius 3 is 2.55 bits per heavy atom. The monoisotopic (exact) mass is 424 g/mol. The third kappa shape index (κ3) is 2.06. The van der Waals surface area contributed by atoms with Gasteiger partial charge in [0.2, 0.25) is 0 Å². The Morgan fingerprint density at radius 2 is 1.84 bits per heavy atom. The molecule has 0 amide bonds. The van der Waals surface area contributed by atoms with Gasteiger partial charge in [0.15, 0.2) is 11.9 Å². The van der Waals surface area contributed by atoms with Gasteiger partial charge in [0.25, 0.3) is 0 Å². The third-order valence-electron chi connectivity index (χ3n) is 9.65. The van der Waals surface area contributed by atoms with E-state index in [-0.39, 0.29) is 40.7 Å². The first kappa shape index (κ1) is 19.5. The van der Waals surface area contributed by atoms with Crippen LogP contribution in [0.15, 0.2) is 35.2 Å². The second-order valence-corrected chi connectivity index (χ2v) is 11.2. The van der Waals surface area contributed by atoms with E-state index in [4.69, 9.17) is 13.9 Å². The van der Waals surface area contributed by atoms with Crippen LogP contribution in [0, 0.1) is 34.0 Å². The molecule has 8 atom stereocenters. The van der Waals surface area contributed by atoms with Gasteiger partial charge in [-0.05, 0) is 42.2 Å². The lowest BCUT2D eigenvalue weighted by Crippen LogP contribution is -2.66. The topological polar surface area (TPSA) is 86.1 Å². The summed E-state index contributed by atoms with van der Waals surface area (Å²) in [7, 11) is 0. The molecule has 3 aliphatic carbocycles. The van der Waals surface area contributed by atoms with Crippen molar-refractivity contribution in [2.45, 2.75) is 64.8 Å². The molecule has 6 nitrogen and oxygen atoms in total. The van der Waals surface area contributed by atoms with Crippen LogP contribution in [0.3, 0.4) is 0 Å². The molecular weight excluding hydrogens is 396 g/mol. The minimum absolute atomic E-state index is 0.0244. The van der Waals surface area contributed by atoms with Gasteiger partial charge in [-0.2, -0.15) is 0 Å². The Bertz CT molecular complexity index is 1040. The number of cyclic esters (lactones) is 1. The van der Waals surface area contributed by atoms with Gasteiger partial charge in [0.1, 0.15) is 17.5 Å². The van der Waals surface area contributed by atoms with Crippen molar-refractivity contribution in [3.63, 3.8) is 0 Å². The summed E-state index contributed by atoms with van der Waals surface area (Å²) in [4.78, 5) is 39.3. The molecule has 31 heavy (non-hydrogen) atoms. The number of fused-ring (bicyclic) bond motifs is 3. The predicted molar refractivity (Wildman–Crippen MR) is 109 cm³/mol. The highest BCUT2D eigenvalue weighted by atomic mass is 16.7. The molecule has 2 saturated heterocycles. The Labute approximate surface area is 181 Å². The van der Waals surface area contributed by atoms with Crippen LogP contribution >= 0.6 is 0 Å². The zero-order chi connectivity index (χ0) is 22.0. The van der Waals surface area contributed by atoms with E-state index in [2.05, 4.69) is 13.8 Å². The smallest absolute Gasteiger partial charge is 0.339 e. The molecule has 1 spiro atoms. The first-order valence-electron chi connectivity index (χ1n) is 11.2. The van der Waals surface area contributed by atoms with E-state index in [9.17, 15) is 14.4 Å². The molecule has 2 aliphatic heterocycles. The second-order valence-electron chi connectivity index (χ2n) is 11.2. The van der Waals surface area contributed by atoms with Crippen LogP contribution < -0.4 is 0 Å². The van der Waals surface area contributed by atoms with Crippen molar-refractivity contribution < 1.29 is 28.3 Å². The SMILES string of the molecule is CC1(C)C(=O)C=C[C@]2(C)C3CC[C@@]4(C)[C@H](c5ccoc5)OC(=O)[C@H]5O[C@]54C3C(=O)CC12. The highest BCUT2D eigenvalue weighted by molar-refractivity contribution is 5.97. The van der Waals surface area contributed by atoms with Gasteiger partial charge in [0.05, 0.1) is 18.4 Å². The highest BCUT2D eigenvalue weighted by Gasteiger charge is 2.84. The molecule has 5 aliphatic rings. The zero-order valence-electron chi connectivity index (χ0n) is 18.3. The summed E-state index contributed by atoms with van der Waals surface area (Å²) in [5.41, 5.74) is -1.44. The van der Waals surface area contributed by atoms with Gasteiger partial charge < -0.3 is 13.9 Å². The molecule has 0 aromatic carbocycles. The number of allylic oxidation sites excluding steroid dienone is 2. The summed E-state index contributed by atoms with van der Waals surface area (Å²) in [6.45, 7) is 8.21. The fourth-order valence-corrected chi connectivity index (χ4v) is 7.88. The third-order valence-corrected chi connectivity index (χ3v) is 9.65. The molecule has 4 fully saturated rings. The van der Waals surface area contributed by atoms with Crippen molar-refractivity contribution in [2.75, 3.05) is 0 Å². The van der Waals surface area contributed by atoms with Crippen molar-refractivity contribution in [1.29, 1.82) is 0 Å². The number of furan rings is 1. The molecule has 0 bridgehead atoms. The quantitative estimate of drug-likeness (QED) is 0.503. The molecule has 3 heterocycles. The second kappa shape index (κ2) is 5.58. The van der Waals surface area contributed by atoms with Gasteiger partial charge in [-0.25, -0.2) is 4.79 Å². The van der Waals surface area contributed by atoms with Crippen molar-refractivity contribution >= 4 is 17.5 Å². The summed E-state index contributed by atoms with van der Waals surface area (Å²) in [6.07, 6.45) is 7.67. The molecule has 6 heteroatoms. The number of carbonyl (C=O) groups is 3. The Kier molecular flexibility index (Phi) is 3.50. The molecule has 2 saturated carbocycles. The number of hydrogen-bond acceptors (Lipinski definition) is 6. The van der Waals surface area contributed by atoms with Gasteiger partial charge >= 0.3 is 5.97 Å². The summed E-state index contributed by atoms with van der Waals surface area (Å²) < 4.78 is 17.4. The number of Topliss-reactive ketones (excluding diaryl/α,β-unsaturated/α-hetero) is 1. The average molecular weight is 424 g/mol. The minimum Gasteiger partial charge on any atom is -0.472 e. The van der Waals surface area contributed by atoms with Gasteiger partial charge in [-0.3, -0.25) is 9.59 Å². The van der Waals surface area contributed by atoms with Crippen LogP contribution in [-0.2, 0) is 23.9 Å². The van der Waals surface area contributed by atoms with E-state index in [1.807, 2.05) is 26.0 Å². The molecule has 0 radical (unpaired) electrons. The Morgan fingerprint density at radius 1 is 1.06 bits per heavy atom. The number of esters is 1. The number of hydrogen-bond donors (Lipinski definition) is 0. The van der Waals surface area contributed by atoms with Gasteiger partial charge in [-0.15, -0.1) is 0 Å². The fraction of sp³-hybridized carbons (Fsp3) is 0.640. The number of ketones is 2. The van der Waals surface area contributed by atoms with Crippen molar-refractivity contribution in [3.05, 3.63) is 36.3 Å². The lowest BCUT2D eigenvalue weighted by atomic mass is 9.41. The van der Waals surface area contributed by atoms with Crippen LogP contribution in [-0.4, -0.2) is 29.2 Å². The molecule has 1 aromatic heterocycles. The summed E-state index contributed by atoms with van der Waals surface area (Å²) in [6, 6.07) is 1.82. The van der Waals surface area contributed by atoms with E-state index in [0.29, 0.717) is 6.42 Å². The average Bonchev–Trinajstić information content (AvgIpc) is 3.24. The molecule has 0 N–H and O–H groups in total. The standard InChI is InChI=1S/C25H28O6/c1-22(2)16-11-15(26)18-14(23(16,3)8-6-17(22)27)5-9-24(4)19(13-7-10-29-12-13)30-21(28)20-25(18,24)31-20/h6-8,10,12,14,16,18-20H,5,9,11H2,1-4H3/t14?,16?,18?,19-,20+,23+,24-,25+/m0/s1. The van der Waals surface area contributed by atoms with Crippen molar-refractivity contribution in [1.82, 2.24) is 0 Å². The summed E-state index contributed by atoms with van der Waals surface area (Å²) in [5.74, 6) is -0.590. The molecule has 164 valence electrons. The summed E-state index contributed by atoms with van der Waals surface area (Å²) >= 11 is 0. The van der Waals surface area contributed by atoms with Gasteiger partial charge in [-0.1, -0.05) is 33.8 Å². The van der Waals surface area contributed by atoms with Crippen LogP contribution in [0.25, 0.3) is 0 Å². The van der Waals surface area contributed by atoms with E-state index >= 15 is 0 Å². The predicted octanol–water partition coefficient (Wildman–Crippen LogP) is 3.81. The molecular formula is C25H28O6. The largest absolute Gasteiger partial charge is 0.472 e. The van der Waals surface area contributed by atoms with Crippen LogP contribution in [0.5, 0.6) is 0 Å². The van der Waals surface area contributed by atoms with Crippen molar-refractivity contribution in [3.8, 4) is 0 Å². The number of carbonyl (C=O) groups excluding carboxylic acids is 3. The van der Waals surface area contributed by atoms with Gasteiger partial charge in [0, 0.05) is 22.8 Å². The van der Waals surface area contributed by atoms with E-state index in [0.717, 1.165) is 18.4 Å². The lowest BCUT2D eigenvalue weighted by molar-refractivity contribution is -0.189. The van der Waals surface area contributed by atoms with Crippen molar-refractivity contribution in [2.24, 2.45) is 34.0 Å². The Hall–Kier alpha value is -2.21. The fourth-order valence-electron chi connectivity index (χ4n) is 7.88. The van der Waals surface area contributed by atoms with E-state index in [1.165, 1.54) is 0 Å². The molecule has 6 rings (SSSR count). The normalized spacial score (nSPS) is 49.4. The maximum Gasteiger partial charge on any atom is 0.339 e. The maximum absolute atomic E-state index is 13.8. The number of rotatable bonds is 1. The van der Waals surface area contributed by atoms with E-state index in [1.54, 1.807) is 18.6 Å². The first-order valence-corrected chi connectivity index (χ1v) is 11.2. The lowest BCUT2D eigenvalue weighted by Gasteiger charge is -2.61. The number of epoxide rings is 1. The maximum atomic E-state index is 13.8. The number of ether oxygens (including phenoxy) is 2. The highest BCUT2D eigenvalue weighted by Crippen LogP contribution is 2.74. The molecule has 1 aromatic rings. The minimum atomic E-state index is -0.850. The zero-order valence-corrected chi connectivity index (χ0v) is 18.3. The Balaban J connectivity index is 1.48. The van der Waals surface area contributed by atoms with E-state index < -0.39 is 28.6 Å². The first-order chi connectivity index (χ1) is 14.6. The van der Waals surface area contributed by atoms with Crippen LogP contribution in [0.4, 0.5) is 0 Å². The summed E-state index contributed by atoms with van der Waals surface area (Å²) in [5, 5.41) is 0. The van der Waals surface area contributed by atoms with Crippen LogP contribution in [0.1, 0.15) is 58.6 Å².